The lowest BCUT2D eigenvalue weighted by Crippen LogP contribution is -2.41. The van der Waals surface area contributed by atoms with Crippen molar-refractivity contribution >= 4 is 29.2 Å². The number of aromatic nitrogens is 3. The number of benzene rings is 1. The van der Waals surface area contributed by atoms with E-state index in [1.54, 1.807) is 35.4 Å². The molecule has 0 saturated carbocycles. The number of hydrogen-bond acceptors (Lipinski definition) is 6. The third-order valence-electron chi connectivity index (χ3n) is 5.34. The molecule has 1 aromatic carbocycles. The molecular weight excluding hydrogens is 347 g/mol. The molecule has 27 heavy (non-hydrogen) atoms. The van der Waals surface area contributed by atoms with Crippen molar-refractivity contribution < 1.29 is 14.2 Å². The van der Waals surface area contributed by atoms with Gasteiger partial charge in [-0.25, -0.2) is 4.68 Å². The Morgan fingerprint density at radius 1 is 1.04 bits per heavy atom. The van der Waals surface area contributed by atoms with Crippen LogP contribution in [0.15, 0.2) is 42.9 Å². The van der Waals surface area contributed by atoms with Crippen LogP contribution in [0.1, 0.15) is 27.7 Å². The normalized spacial score (nSPS) is 18.1. The first-order chi connectivity index (χ1) is 12.7. The Morgan fingerprint density at radius 3 is 2.26 bits per heavy atom. The van der Waals surface area contributed by atoms with E-state index in [0.717, 1.165) is 16.4 Å². The third-order valence-corrected chi connectivity index (χ3v) is 5.34. The van der Waals surface area contributed by atoms with Crippen molar-refractivity contribution in [2.45, 2.75) is 38.9 Å². The van der Waals surface area contributed by atoms with Gasteiger partial charge in [-0.2, -0.15) is 5.10 Å². The van der Waals surface area contributed by atoms with Crippen LogP contribution in [0, 0.1) is 10.1 Å². The van der Waals surface area contributed by atoms with Gasteiger partial charge in [-0.3, -0.25) is 15.1 Å². The van der Waals surface area contributed by atoms with E-state index in [-0.39, 0.29) is 5.69 Å². The van der Waals surface area contributed by atoms with Gasteiger partial charge in [0.05, 0.1) is 39.7 Å². The summed E-state index contributed by atoms with van der Waals surface area (Å²) >= 11 is 0. The summed E-state index contributed by atoms with van der Waals surface area (Å²) in [5.41, 5.74) is 1.42. The van der Waals surface area contributed by atoms with Gasteiger partial charge >= 0.3 is 7.12 Å². The van der Waals surface area contributed by atoms with E-state index in [4.69, 9.17) is 9.31 Å². The Bertz CT molecular complexity index is 1010. The van der Waals surface area contributed by atoms with E-state index in [1.807, 2.05) is 27.7 Å². The third kappa shape index (κ3) is 2.79. The average molecular weight is 366 g/mol. The van der Waals surface area contributed by atoms with Crippen LogP contribution in [-0.4, -0.2) is 38.0 Å². The summed E-state index contributed by atoms with van der Waals surface area (Å²) in [5, 5.41) is 16.2. The summed E-state index contributed by atoms with van der Waals surface area (Å²) in [7, 11) is -0.541. The lowest BCUT2D eigenvalue weighted by atomic mass is 9.78. The van der Waals surface area contributed by atoms with Crippen LogP contribution in [0.25, 0.3) is 16.6 Å². The molecule has 1 aliphatic rings. The number of rotatable bonds is 3. The van der Waals surface area contributed by atoms with Gasteiger partial charge < -0.3 is 9.31 Å². The molecular formula is C18H19BN4O4. The van der Waals surface area contributed by atoms with E-state index >= 15 is 0 Å². The van der Waals surface area contributed by atoms with Gasteiger partial charge in [-0.1, -0.05) is 0 Å². The van der Waals surface area contributed by atoms with E-state index in [9.17, 15) is 10.1 Å². The second kappa shape index (κ2) is 5.87. The molecule has 0 atom stereocenters. The average Bonchev–Trinajstić information content (AvgIpc) is 3.13. The van der Waals surface area contributed by atoms with Crippen LogP contribution in [0.5, 0.6) is 0 Å². The minimum atomic E-state index is -0.541. The predicted molar refractivity (Wildman–Crippen MR) is 101 cm³/mol. The molecule has 0 N–H and O–H groups in total. The number of non-ortho nitro benzene ring substituents is 1. The highest BCUT2D eigenvalue weighted by Crippen LogP contribution is 2.37. The summed E-state index contributed by atoms with van der Waals surface area (Å²) in [4.78, 5) is 14.8. The molecule has 0 aliphatic carbocycles. The van der Waals surface area contributed by atoms with Crippen molar-refractivity contribution in [2.75, 3.05) is 0 Å². The van der Waals surface area contributed by atoms with Gasteiger partial charge in [0.1, 0.15) is 0 Å². The number of pyridine rings is 1. The Kier molecular flexibility index (Phi) is 3.83. The van der Waals surface area contributed by atoms with Crippen molar-refractivity contribution in [1.29, 1.82) is 0 Å². The zero-order valence-corrected chi connectivity index (χ0v) is 15.5. The van der Waals surface area contributed by atoms with Gasteiger partial charge in [-0.15, -0.1) is 0 Å². The minimum absolute atomic E-state index is 0.0336. The van der Waals surface area contributed by atoms with Crippen molar-refractivity contribution in [1.82, 2.24) is 14.8 Å². The highest BCUT2D eigenvalue weighted by molar-refractivity contribution is 6.65. The standard InChI is InChI=1S/C18H19BN4O4/c1-17(2)18(3,4)27-19(26-17)15-10-20-11-16-14(15)9-21-22(16)12-5-7-13(8-6-12)23(24)25/h5-11H,1-4H3. The molecule has 0 amide bonds. The molecule has 1 aliphatic heterocycles. The van der Waals surface area contributed by atoms with E-state index in [2.05, 4.69) is 10.1 Å². The fourth-order valence-electron chi connectivity index (χ4n) is 3.04. The van der Waals surface area contributed by atoms with Crippen LogP contribution < -0.4 is 5.46 Å². The van der Waals surface area contributed by atoms with Crippen molar-refractivity contribution in [3.8, 4) is 5.69 Å². The fourth-order valence-corrected chi connectivity index (χ4v) is 3.04. The summed E-state index contributed by atoms with van der Waals surface area (Å²) in [6.45, 7) is 8.00. The topological polar surface area (TPSA) is 92.3 Å². The van der Waals surface area contributed by atoms with Crippen molar-refractivity contribution in [2.24, 2.45) is 0 Å². The quantitative estimate of drug-likeness (QED) is 0.402. The molecule has 8 nitrogen and oxygen atoms in total. The zero-order chi connectivity index (χ0) is 19.4. The zero-order valence-electron chi connectivity index (χ0n) is 15.5. The summed E-state index contributed by atoms with van der Waals surface area (Å²) in [6.07, 6.45) is 5.17. The van der Waals surface area contributed by atoms with Crippen LogP contribution in [0.4, 0.5) is 5.69 Å². The Labute approximate surface area is 156 Å². The summed E-state index contributed by atoms with van der Waals surface area (Å²) in [6, 6.07) is 6.22. The van der Waals surface area contributed by atoms with Gasteiger partial charge in [-0.05, 0) is 39.8 Å². The fraction of sp³-hybridized carbons (Fsp3) is 0.333. The second-order valence-electron chi connectivity index (χ2n) is 7.58. The van der Waals surface area contributed by atoms with E-state index in [0.29, 0.717) is 5.69 Å². The lowest BCUT2D eigenvalue weighted by Gasteiger charge is -2.32. The Morgan fingerprint density at radius 2 is 1.67 bits per heavy atom. The molecule has 138 valence electrons. The molecule has 1 fully saturated rings. The van der Waals surface area contributed by atoms with Gasteiger partial charge in [0.15, 0.2) is 0 Å². The Balaban J connectivity index is 1.76. The van der Waals surface area contributed by atoms with Crippen LogP contribution in [0.2, 0.25) is 0 Å². The number of nitro benzene ring substituents is 1. The predicted octanol–water partition coefficient (Wildman–Crippen LogP) is 2.63. The smallest absolute Gasteiger partial charge is 0.399 e. The lowest BCUT2D eigenvalue weighted by molar-refractivity contribution is -0.384. The van der Waals surface area contributed by atoms with E-state index < -0.39 is 23.2 Å². The molecule has 0 radical (unpaired) electrons. The maximum Gasteiger partial charge on any atom is 0.497 e. The largest absolute Gasteiger partial charge is 0.497 e. The molecule has 0 bridgehead atoms. The highest BCUT2D eigenvalue weighted by Gasteiger charge is 2.52. The molecule has 1 saturated heterocycles. The molecule has 0 unspecified atom stereocenters. The van der Waals surface area contributed by atoms with Crippen molar-refractivity contribution in [3.05, 3.63) is 53.0 Å². The van der Waals surface area contributed by atoms with E-state index in [1.165, 1.54) is 12.1 Å². The van der Waals surface area contributed by atoms with Crippen LogP contribution >= 0.6 is 0 Å². The van der Waals surface area contributed by atoms with Gasteiger partial charge in [0.25, 0.3) is 5.69 Å². The number of hydrogen-bond donors (Lipinski definition) is 0. The summed E-state index contributed by atoms with van der Waals surface area (Å²) in [5.74, 6) is 0. The number of nitro groups is 1. The first-order valence-corrected chi connectivity index (χ1v) is 8.62. The molecule has 0 spiro atoms. The minimum Gasteiger partial charge on any atom is -0.399 e. The number of nitrogens with zero attached hydrogens (tertiary/aromatic N) is 4. The SMILES string of the molecule is CC1(C)OB(c2cncc3c2cnn3-c2ccc([N+](=O)[O-])cc2)OC1(C)C. The summed E-state index contributed by atoms with van der Waals surface area (Å²) < 4.78 is 14.0. The Hall–Kier alpha value is -2.78. The van der Waals surface area contributed by atoms with Crippen molar-refractivity contribution in [3.63, 3.8) is 0 Å². The second-order valence-corrected chi connectivity index (χ2v) is 7.58. The van der Waals surface area contributed by atoms with Crippen LogP contribution in [0.3, 0.4) is 0 Å². The maximum absolute atomic E-state index is 10.9. The molecule has 2 aromatic heterocycles. The maximum atomic E-state index is 10.9. The van der Waals surface area contributed by atoms with Gasteiger partial charge in [0, 0.05) is 29.2 Å². The first-order valence-electron chi connectivity index (χ1n) is 8.62. The van der Waals surface area contributed by atoms with Gasteiger partial charge in [0.2, 0.25) is 0 Å². The molecule has 3 heterocycles. The monoisotopic (exact) mass is 366 g/mol. The number of fused-ring (bicyclic) bond motifs is 1. The van der Waals surface area contributed by atoms with Crippen LogP contribution in [-0.2, 0) is 9.31 Å². The molecule has 3 aromatic rings. The highest BCUT2D eigenvalue weighted by atomic mass is 16.7. The first kappa shape index (κ1) is 17.6. The molecule has 9 heteroatoms. The molecule has 4 rings (SSSR count).